The monoisotopic (exact) mass is 425 g/mol. The number of halogens is 1. The Bertz CT molecular complexity index is 898. The Morgan fingerprint density at radius 1 is 1.00 bits per heavy atom. The van der Waals surface area contributed by atoms with Gasteiger partial charge in [-0.15, -0.1) is 12.4 Å². The van der Waals surface area contributed by atoms with E-state index in [2.05, 4.69) is 39.8 Å². The molecule has 2 aromatic rings. The van der Waals surface area contributed by atoms with Crippen molar-refractivity contribution in [2.45, 2.75) is 25.3 Å². The van der Waals surface area contributed by atoms with Crippen molar-refractivity contribution in [1.29, 1.82) is 0 Å². The van der Waals surface area contributed by atoms with Gasteiger partial charge >= 0.3 is 0 Å². The van der Waals surface area contributed by atoms with E-state index in [0.29, 0.717) is 18.3 Å². The topological polar surface area (TPSA) is 61.4 Å². The molecule has 158 valence electrons. The molecule has 3 fully saturated rings. The predicted octanol–water partition coefficient (Wildman–Crippen LogP) is 3.42. The van der Waals surface area contributed by atoms with Crippen LogP contribution < -0.4 is 10.6 Å². The van der Waals surface area contributed by atoms with Gasteiger partial charge in [0.15, 0.2) is 0 Å². The van der Waals surface area contributed by atoms with E-state index in [1.165, 1.54) is 5.56 Å². The normalized spacial score (nSPS) is 24.8. The maximum absolute atomic E-state index is 13.2. The SMILES string of the molecule is Cl.O=C(Nc1ccc(CC(=O)N2C[C@@H]3CNC[C@@H]3[C@H]2c2ccccc2)cc1)C1CC1. The van der Waals surface area contributed by atoms with Crippen molar-refractivity contribution in [2.24, 2.45) is 17.8 Å². The Balaban J connectivity index is 0.00000218. The molecule has 2 heterocycles. The average molecular weight is 426 g/mol. The minimum atomic E-state index is 0. The summed E-state index contributed by atoms with van der Waals surface area (Å²) in [5, 5.41) is 6.45. The van der Waals surface area contributed by atoms with Gasteiger partial charge in [0.2, 0.25) is 11.8 Å². The molecule has 5 nitrogen and oxygen atoms in total. The molecule has 3 atom stereocenters. The van der Waals surface area contributed by atoms with Gasteiger partial charge in [0, 0.05) is 37.2 Å². The summed E-state index contributed by atoms with van der Waals surface area (Å²) in [7, 11) is 0. The number of nitrogens with zero attached hydrogens (tertiary/aromatic N) is 1. The summed E-state index contributed by atoms with van der Waals surface area (Å²) in [6.45, 7) is 2.79. The van der Waals surface area contributed by atoms with Gasteiger partial charge in [0.1, 0.15) is 0 Å². The van der Waals surface area contributed by atoms with Gasteiger partial charge in [-0.2, -0.15) is 0 Å². The second-order valence-electron chi connectivity index (χ2n) is 8.62. The summed E-state index contributed by atoms with van der Waals surface area (Å²) in [6.07, 6.45) is 2.38. The largest absolute Gasteiger partial charge is 0.335 e. The summed E-state index contributed by atoms with van der Waals surface area (Å²) < 4.78 is 0. The van der Waals surface area contributed by atoms with Gasteiger partial charge in [-0.3, -0.25) is 9.59 Å². The molecule has 1 aliphatic carbocycles. The van der Waals surface area contributed by atoms with Gasteiger partial charge in [0.05, 0.1) is 12.5 Å². The van der Waals surface area contributed by atoms with Gasteiger partial charge in [-0.05, 0) is 42.0 Å². The highest BCUT2D eigenvalue weighted by molar-refractivity contribution is 5.94. The molecule has 2 aromatic carbocycles. The van der Waals surface area contributed by atoms with Crippen LogP contribution in [-0.2, 0) is 16.0 Å². The summed E-state index contributed by atoms with van der Waals surface area (Å²) in [5.74, 6) is 1.50. The number of benzene rings is 2. The molecule has 2 saturated heterocycles. The fourth-order valence-electron chi connectivity index (χ4n) is 4.83. The number of rotatable bonds is 5. The first-order valence-electron chi connectivity index (χ1n) is 10.6. The molecule has 0 radical (unpaired) electrons. The molecule has 2 N–H and O–H groups in total. The third-order valence-electron chi connectivity index (χ3n) is 6.55. The Labute approximate surface area is 183 Å². The third-order valence-corrected chi connectivity index (χ3v) is 6.55. The second-order valence-corrected chi connectivity index (χ2v) is 8.62. The highest BCUT2D eigenvalue weighted by atomic mass is 35.5. The fraction of sp³-hybridized carbons (Fsp3) is 0.417. The van der Waals surface area contributed by atoms with E-state index >= 15 is 0 Å². The van der Waals surface area contributed by atoms with Crippen LogP contribution in [0.1, 0.15) is 30.0 Å². The number of fused-ring (bicyclic) bond motifs is 1. The lowest BCUT2D eigenvalue weighted by atomic mass is 9.89. The molecular formula is C24H28ClN3O2. The van der Waals surface area contributed by atoms with E-state index in [9.17, 15) is 9.59 Å². The fourth-order valence-corrected chi connectivity index (χ4v) is 4.83. The maximum atomic E-state index is 13.2. The number of likely N-dealkylation sites (tertiary alicyclic amines) is 1. The van der Waals surface area contributed by atoms with E-state index in [1.807, 2.05) is 30.3 Å². The zero-order valence-electron chi connectivity index (χ0n) is 16.9. The summed E-state index contributed by atoms with van der Waals surface area (Å²) in [6, 6.07) is 18.3. The van der Waals surface area contributed by atoms with Crippen molar-refractivity contribution in [1.82, 2.24) is 10.2 Å². The predicted molar refractivity (Wildman–Crippen MR) is 119 cm³/mol. The molecule has 2 amide bonds. The lowest BCUT2D eigenvalue weighted by molar-refractivity contribution is -0.132. The van der Waals surface area contributed by atoms with E-state index < -0.39 is 0 Å². The van der Waals surface area contributed by atoms with Crippen molar-refractivity contribution < 1.29 is 9.59 Å². The highest BCUT2D eigenvalue weighted by Crippen LogP contribution is 2.42. The Morgan fingerprint density at radius 2 is 1.73 bits per heavy atom. The van der Waals surface area contributed by atoms with E-state index in [0.717, 1.165) is 43.7 Å². The van der Waals surface area contributed by atoms with Gasteiger partial charge in [-0.1, -0.05) is 42.5 Å². The van der Waals surface area contributed by atoms with Crippen molar-refractivity contribution in [3.8, 4) is 0 Å². The standard InChI is InChI=1S/C24H27N3O2.ClH/c28-22(12-16-6-10-20(11-7-16)26-24(29)18-8-9-18)27-15-19-13-25-14-21(19)23(27)17-4-2-1-3-5-17;/h1-7,10-11,18-19,21,23,25H,8-9,12-15H2,(H,26,29);1H/t19-,21-,23+;/m0./s1. The van der Waals surface area contributed by atoms with Crippen LogP contribution in [0.2, 0.25) is 0 Å². The number of anilines is 1. The third kappa shape index (κ3) is 4.23. The molecule has 6 heteroatoms. The summed E-state index contributed by atoms with van der Waals surface area (Å²) >= 11 is 0. The smallest absolute Gasteiger partial charge is 0.227 e. The van der Waals surface area contributed by atoms with Crippen LogP contribution in [0.25, 0.3) is 0 Å². The number of nitrogens with one attached hydrogen (secondary N) is 2. The number of hydrogen-bond acceptors (Lipinski definition) is 3. The molecule has 3 aliphatic rings. The molecule has 0 bridgehead atoms. The van der Waals surface area contributed by atoms with Gasteiger partial charge in [0.25, 0.3) is 0 Å². The van der Waals surface area contributed by atoms with E-state index in [4.69, 9.17) is 0 Å². The first-order chi connectivity index (χ1) is 14.2. The number of carbonyl (C=O) groups is 2. The molecule has 0 unspecified atom stereocenters. The zero-order valence-corrected chi connectivity index (χ0v) is 17.7. The van der Waals surface area contributed by atoms with Crippen LogP contribution in [0.3, 0.4) is 0 Å². The molecule has 0 aromatic heterocycles. The van der Waals surface area contributed by atoms with E-state index in [1.54, 1.807) is 0 Å². The number of hydrogen-bond donors (Lipinski definition) is 2. The van der Waals surface area contributed by atoms with Crippen LogP contribution in [-0.4, -0.2) is 36.3 Å². The van der Waals surface area contributed by atoms with Crippen molar-refractivity contribution >= 4 is 29.9 Å². The van der Waals surface area contributed by atoms with Crippen LogP contribution in [0.4, 0.5) is 5.69 Å². The number of carbonyl (C=O) groups excluding carboxylic acids is 2. The van der Waals surface area contributed by atoms with Crippen molar-refractivity contribution in [3.05, 3.63) is 65.7 Å². The maximum Gasteiger partial charge on any atom is 0.227 e. The summed E-state index contributed by atoms with van der Waals surface area (Å²) in [4.78, 5) is 27.2. The van der Waals surface area contributed by atoms with Crippen molar-refractivity contribution in [3.63, 3.8) is 0 Å². The first-order valence-corrected chi connectivity index (χ1v) is 10.6. The van der Waals surface area contributed by atoms with Gasteiger partial charge in [-0.25, -0.2) is 0 Å². The molecule has 2 aliphatic heterocycles. The van der Waals surface area contributed by atoms with Gasteiger partial charge < -0.3 is 15.5 Å². The second kappa shape index (κ2) is 8.78. The molecule has 5 rings (SSSR count). The minimum Gasteiger partial charge on any atom is -0.335 e. The minimum absolute atomic E-state index is 0. The molecule has 30 heavy (non-hydrogen) atoms. The zero-order chi connectivity index (χ0) is 19.8. The molecular weight excluding hydrogens is 398 g/mol. The van der Waals surface area contributed by atoms with Crippen LogP contribution in [0.5, 0.6) is 0 Å². The number of amides is 2. The van der Waals surface area contributed by atoms with Crippen LogP contribution >= 0.6 is 12.4 Å². The lowest BCUT2D eigenvalue weighted by Gasteiger charge is -2.28. The Morgan fingerprint density at radius 3 is 2.43 bits per heavy atom. The van der Waals surface area contributed by atoms with Crippen LogP contribution in [0.15, 0.2) is 54.6 Å². The highest BCUT2D eigenvalue weighted by Gasteiger charge is 2.46. The van der Waals surface area contributed by atoms with Crippen molar-refractivity contribution in [2.75, 3.05) is 25.0 Å². The Hall–Kier alpha value is -2.37. The first kappa shape index (κ1) is 20.9. The van der Waals surface area contributed by atoms with Crippen LogP contribution in [0, 0.1) is 17.8 Å². The lowest BCUT2D eigenvalue weighted by Crippen LogP contribution is -2.35. The molecule has 0 spiro atoms. The summed E-state index contributed by atoms with van der Waals surface area (Å²) in [5.41, 5.74) is 3.03. The quantitative estimate of drug-likeness (QED) is 0.771. The van der Waals surface area contributed by atoms with E-state index in [-0.39, 0.29) is 36.2 Å². The molecule has 1 saturated carbocycles. The average Bonchev–Trinajstić information content (AvgIpc) is 3.39. The Kier molecular flexibility index (Phi) is 6.11.